The summed E-state index contributed by atoms with van der Waals surface area (Å²) < 4.78 is 5.94. The maximum atomic E-state index is 13.1. The van der Waals surface area contributed by atoms with Crippen molar-refractivity contribution in [3.63, 3.8) is 0 Å². The number of amides is 2. The predicted molar refractivity (Wildman–Crippen MR) is 130 cm³/mol. The molecular weight excluding hydrogens is 463 g/mol. The maximum Gasteiger partial charge on any atom is 0.263 e. The Labute approximate surface area is 203 Å². The zero-order valence-electron chi connectivity index (χ0n) is 18.9. The van der Waals surface area contributed by atoms with Crippen LogP contribution in [0.1, 0.15) is 46.5 Å². The minimum absolute atomic E-state index is 0.0634. The van der Waals surface area contributed by atoms with Gasteiger partial charge in [0.15, 0.2) is 5.60 Å². The van der Waals surface area contributed by atoms with Crippen LogP contribution >= 0.6 is 23.2 Å². The standard InChI is InChI=1S/C24H28Cl2N4O3/c1-14(31)28-16-5-9-22(27-13-16)30-18-6-7-19(30)12-17(11-18)29-23(32)24(2,3)33-21-8-4-15(25)10-20(21)26/h4-5,8-10,13,17-19H,6-7,11-12H2,1-3H3,(H,28,31)(H,29,32)/t17-,18+,19-. The van der Waals surface area contributed by atoms with Gasteiger partial charge in [-0.15, -0.1) is 0 Å². The first-order chi connectivity index (χ1) is 15.6. The molecule has 2 amide bonds. The minimum Gasteiger partial charge on any atom is -0.476 e. The van der Waals surface area contributed by atoms with Gasteiger partial charge in [0.25, 0.3) is 5.91 Å². The van der Waals surface area contributed by atoms with E-state index in [1.54, 1.807) is 38.2 Å². The van der Waals surface area contributed by atoms with Gasteiger partial charge in [-0.1, -0.05) is 23.2 Å². The second kappa shape index (κ2) is 9.39. The molecule has 0 unspecified atom stereocenters. The van der Waals surface area contributed by atoms with Crippen LogP contribution in [0.2, 0.25) is 10.0 Å². The van der Waals surface area contributed by atoms with E-state index in [9.17, 15) is 9.59 Å². The first-order valence-corrected chi connectivity index (χ1v) is 11.8. The number of anilines is 2. The number of carbonyl (C=O) groups is 2. The van der Waals surface area contributed by atoms with Gasteiger partial charge in [-0.3, -0.25) is 9.59 Å². The highest BCUT2D eigenvalue weighted by molar-refractivity contribution is 6.35. The largest absolute Gasteiger partial charge is 0.476 e. The lowest BCUT2D eigenvalue weighted by Gasteiger charge is -2.40. The van der Waals surface area contributed by atoms with Crippen molar-refractivity contribution in [2.24, 2.45) is 0 Å². The summed E-state index contributed by atoms with van der Waals surface area (Å²) in [6.45, 7) is 4.94. The molecule has 2 bridgehead atoms. The third-order valence-electron chi connectivity index (χ3n) is 6.21. The van der Waals surface area contributed by atoms with Crippen LogP contribution in [0.3, 0.4) is 0 Å². The number of aromatic nitrogens is 1. The highest BCUT2D eigenvalue weighted by Crippen LogP contribution is 2.39. The molecule has 0 saturated carbocycles. The first kappa shape index (κ1) is 23.6. The lowest BCUT2D eigenvalue weighted by Crippen LogP contribution is -2.55. The number of nitrogens with zero attached hydrogens (tertiary/aromatic N) is 2. The van der Waals surface area contributed by atoms with Crippen LogP contribution < -0.4 is 20.3 Å². The Bertz CT molecular complexity index is 1030. The van der Waals surface area contributed by atoms with E-state index in [1.165, 1.54) is 6.92 Å². The maximum absolute atomic E-state index is 13.1. The van der Waals surface area contributed by atoms with Crippen LogP contribution in [-0.2, 0) is 9.59 Å². The van der Waals surface area contributed by atoms with E-state index in [1.807, 2.05) is 12.1 Å². The Morgan fingerprint density at radius 2 is 1.82 bits per heavy atom. The number of ether oxygens (including phenoxy) is 1. The monoisotopic (exact) mass is 490 g/mol. The van der Waals surface area contributed by atoms with Gasteiger partial charge in [-0.25, -0.2) is 4.98 Å². The van der Waals surface area contributed by atoms with Gasteiger partial charge in [-0.2, -0.15) is 0 Å². The molecule has 2 fully saturated rings. The van der Waals surface area contributed by atoms with Crippen molar-refractivity contribution in [2.75, 3.05) is 10.2 Å². The molecular formula is C24H28Cl2N4O3. The van der Waals surface area contributed by atoms with Crippen molar-refractivity contribution in [3.05, 3.63) is 46.6 Å². The van der Waals surface area contributed by atoms with Gasteiger partial charge < -0.3 is 20.3 Å². The van der Waals surface area contributed by atoms with Gasteiger partial charge >= 0.3 is 0 Å². The van der Waals surface area contributed by atoms with Crippen LogP contribution in [0, 0.1) is 0 Å². The Hall–Kier alpha value is -2.51. The zero-order valence-corrected chi connectivity index (χ0v) is 20.4. The summed E-state index contributed by atoms with van der Waals surface area (Å²) in [7, 11) is 0. The highest BCUT2D eigenvalue weighted by Gasteiger charge is 2.43. The molecule has 0 spiro atoms. The number of halogens is 2. The molecule has 3 atom stereocenters. The Morgan fingerprint density at radius 1 is 1.12 bits per heavy atom. The number of piperidine rings is 1. The van der Waals surface area contributed by atoms with Crippen LogP contribution in [0.15, 0.2) is 36.5 Å². The molecule has 0 radical (unpaired) electrons. The molecule has 4 rings (SSSR count). The molecule has 2 N–H and O–H groups in total. The molecule has 2 saturated heterocycles. The van der Waals surface area contributed by atoms with Crippen molar-refractivity contribution >= 4 is 46.5 Å². The second-order valence-electron chi connectivity index (χ2n) is 9.21. The third-order valence-corrected chi connectivity index (χ3v) is 6.74. The summed E-state index contributed by atoms with van der Waals surface area (Å²) in [5.74, 6) is 1.03. The van der Waals surface area contributed by atoms with E-state index in [0.29, 0.717) is 33.6 Å². The summed E-state index contributed by atoms with van der Waals surface area (Å²) in [6, 6.07) is 9.44. The molecule has 176 valence electrons. The SMILES string of the molecule is CC(=O)Nc1ccc(N2[C@@H]3CC[C@H]2C[C@@H](NC(=O)C(C)(C)Oc2ccc(Cl)cc2Cl)C3)nc1. The van der Waals surface area contributed by atoms with Crippen LogP contribution in [0.4, 0.5) is 11.5 Å². The fourth-order valence-corrected chi connectivity index (χ4v) is 5.17. The fourth-order valence-electron chi connectivity index (χ4n) is 4.72. The second-order valence-corrected chi connectivity index (χ2v) is 10.1. The predicted octanol–water partition coefficient (Wildman–Crippen LogP) is 4.82. The van der Waals surface area contributed by atoms with Gasteiger partial charge in [0.05, 0.1) is 16.9 Å². The number of rotatable bonds is 6. The third kappa shape index (κ3) is 5.36. The first-order valence-electron chi connectivity index (χ1n) is 11.1. The van der Waals surface area contributed by atoms with Crippen LogP contribution in [-0.4, -0.2) is 40.5 Å². The Balaban J connectivity index is 1.38. The molecule has 2 aromatic rings. The van der Waals surface area contributed by atoms with Gasteiger partial charge in [-0.05, 0) is 69.9 Å². The average molecular weight is 491 g/mol. The summed E-state index contributed by atoms with van der Waals surface area (Å²) in [5, 5.41) is 6.81. The Kier molecular flexibility index (Phi) is 6.73. The number of pyridine rings is 1. The van der Waals surface area contributed by atoms with Crippen molar-refractivity contribution in [1.29, 1.82) is 0 Å². The molecule has 33 heavy (non-hydrogen) atoms. The van der Waals surface area contributed by atoms with E-state index < -0.39 is 5.60 Å². The van der Waals surface area contributed by atoms with E-state index in [4.69, 9.17) is 27.9 Å². The summed E-state index contributed by atoms with van der Waals surface area (Å²) in [6.07, 6.45) is 5.50. The van der Waals surface area contributed by atoms with Gasteiger partial charge in [0.1, 0.15) is 11.6 Å². The topological polar surface area (TPSA) is 83.6 Å². The smallest absolute Gasteiger partial charge is 0.263 e. The van der Waals surface area contributed by atoms with E-state index in [-0.39, 0.29) is 17.9 Å². The number of carbonyl (C=O) groups excluding carboxylic acids is 2. The number of fused-ring (bicyclic) bond motifs is 2. The number of hydrogen-bond donors (Lipinski definition) is 2. The lowest BCUT2D eigenvalue weighted by molar-refractivity contribution is -0.135. The van der Waals surface area contributed by atoms with Crippen molar-refractivity contribution in [3.8, 4) is 5.75 Å². The van der Waals surface area contributed by atoms with Crippen molar-refractivity contribution in [2.45, 2.75) is 70.2 Å². The van der Waals surface area contributed by atoms with E-state index in [2.05, 4.69) is 20.5 Å². The average Bonchev–Trinajstić information content (AvgIpc) is 3.00. The quantitative estimate of drug-likeness (QED) is 0.606. The van der Waals surface area contributed by atoms with E-state index in [0.717, 1.165) is 31.5 Å². The molecule has 2 aliphatic heterocycles. The van der Waals surface area contributed by atoms with Gasteiger partial charge in [0, 0.05) is 30.1 Å². The zero-order chi connectivity index (χ0) is 23.8. The number of benzene rings is 1. The Morgan fingerprint density at radius 3 is 2.39 bits per heavy atom. The molecule has 9 heteroatoms. The van der Waals surface area contributed by atoms with Crippen LogP contribution in [0.25, 0.3) is 0 Å². The number of hydrogen-bond acceptors (Lipinski definition) is 5. The van der Waals surface area contributed by atoms with Gasteiger partial charge in [0.2, 0.25) is 5.91 Å². The summed E-state index contributed by atoms with van der Waals surface area (Å²) in [5.41, 5.74) is -0.404. The van der Waals surface area contributed by atoms with Crippen LogP contribution in [0.5, 0.6) is 5.75 Å². The summed E-state index contributed by atoms with van der Waals surface area (Å²) >= 11 is 12.2. The highest BCUT2D eigenvalue weighted by atomic mass is 35.5. The number of nitrogens with one attached hydrogen (secondary N) is 2. The van der Waals surface area contributed by atoms with Crippen molar-refractivity contribution in [1.82, 2.24) is 10.3 Å². The van der Waals surface area contributed by atoms with Crippen molar-refractivity contribution < 1.29 is 14.3 Å². The molecule has 1 aromatic heterocycles. The molecule has 1 aromatic carbocycles. The lowest BCUT2D eigenvalue weighted by atomic mass is 9.96. The van der Waals surface area contributed by atoms with E-state index >= 15 is 0 Å². The normalized spacial score (nSPS) is 22.1. The minimum atomic E-state index is -1.09. The summed E-state index contributed by atoms with van der Waals surface area (Å²) in [4.78, 5) is 31.2. The molecule has 0 aliphatic carbocycles. The molecule has 3 heterocycles. The fraction of sp³-hybridized carbons (Fsp3) is 0.458. The molecule has 7 nitrogen and oxygen atoms in total. The molecule has 2 aliphatic rings.